The Morgan fingerprint density at radius 3 is 2.94 bits per heavy atom. The lowest BCUT2D eigenvalue weighted by Gasteiger charge is -2.04. The van der Waals surface area contributed by atoms with Crippen molar-refractivity contribution < 1.29 is 4.79 Å². The van der Waals surface area contributed by atoms with Crippen LogP contribution in [0.25, 0.3) is 11.0 Å². The molecule has 0 atom stereocenters. The molecule has 0 unspecified atom stereocenters. The summed E-state index contributed by atoms with van der Waals surface area (Å²) in [5.41, 5.74) is 3.07. The highest BCUT2D eigenvalue weighted by Gasteiger charge is 2.07. The van der Waals surface area contributed by atoms with Gasteiger partial charge in [-0.25, -0.2) is 4.98 Å². The van der Waals surface area contributed by atoms with Crippen molar-refractivity contribution in [1.82, 2.24) is 14.9 Å². The molecule has 1 N–H and O–H groups in total. The molecule has 1 aromatic heterocycles. The SMILES string of the molecule is CCCNC(=O)Cc1ccc2c(c1)nc(C)n2C. The number of carbonyl (C=O) groups excluding carboxylic acids is 1. The second kappa shape index (κ2) is 5.21. The van der Waals surface area contributed by atoms with E-state index in [9.17, 15) is 4.79 Å². The van der Waals surface area contributed by atoms with Crippen LogP contribution in [0.3, 0.4) is 0 Å². The van der Waals surface area contributed by atoms with Gasteiger partial charge in [-0.1, -0.05) is 13.0 Å². The number of aromatic nitrogens is 2. The number of fused-ring (bicyclic) bond motifs is 1. The van der Waals surface area contributed by atoms with Gasteiger partial charge in [-0.05, 0) is 31.0 Å². The average Bonchev–Trinajstić information content (AvgIpc) is 2.62. The van der Waals surface area contributed by atoms with Crippen LogP contribution < -0.4 is 5.32 Å². The standard InChI is InChI=1S/C14H19N3O/c1-4-7-15-14(18)9-11-5-6-13-12(8-11)16-10(2)17(13)3/h5-6,8H,4,7,9H2,1-3H3,(H,15,18). The summed E-state index contributed by atoms with van der Waals surface area (Å²) in [4.78, 5) is 16.1. The lowest BCUT2D eigenvalue weighted by Crippen LogP contribution is -2.25. The molecule has 2 rings (SSSR count). The largest absolute Gasteiger partial charge is 0.356 e. The molecule has 1 aromatic carbocycles. The van der Waals surface area contributed by atoms with E-state index in [-0.39, 0.29) is 5.91 Å². The van der Waals surface area contributed by atoms with Crippen LogP contribution in [0.4, 0.5) is 0 Å². The fourth-order valence-electron chi connectivity index (χ4n) is 1.99. The van der Waals surface area contributed by atoms with E-state index in [0.29, 0.717) is 6.42 Å². The Labute approximate surface area is 107 Å². The third-order valence-electron chi connectivity index (χ3n) is 3.11. The number of imidazole rings is 1. The molecule has 0 aliphatic heterocycles. The van der Waals surface area contributed by atoms with Crippen LogP contribution in [0, 0.1) is 6.92 Å². The molecule has 0 aliphatic rings. The molecule has 4 heteroatoms. The van der Waals surface area contributed by atoms with E-state index in [4.69, 9.17) is 0 Å². The molecule has 0 fully saturated rings. The summed E-state index contributed by atoms with van der Waals surface area (Å²) in [5.74, 6) is 1.06. The van der Waals surface area contributed by atoms with Gasteiger partial charge in [0.1, 0.15) is 5.82 Å². The first-order valence-corrected chi connectivity index (χ1v) is 6.30. The molecular formula is C14H19N3O. The molecule has 2 aromatic rings. The van der Waals surface area contributed by atoms with Crippen molar-refractivity contribution >= 4 is 16.9 Å². The van der Waals surface area contributed by atoms with Crippen molar-refractivity contribution in [2.24, 2.45) is 7.05 Å². The summed E-state index contributed by atoms with van der Waals surface area (Å²) < 4.78 is 2.05. The monoisotopic (exact) mass is 245 g/mol. The summed E-state index contributed by atoms with van der Waals surface area (Å²) in [6.45, 7) is 4.76. The first-order chi connectivity index (χ1) is 8.61. The number of hydrogen-bond donors (Lipinski definition) is 1. The fraction of sp³-hybridized carbons (Fsp3) is 0.429. The predicted octanol–water partition coefficient (Wildman–Crippen LogP) is 1.95. The Morgan fingerprint density at radius 2 is 2.22 bits per heavy atom. The molecule has 0 saturated carbocycles. The van der Waals surface area contributed by atoms with Gasteiger partial charge in [0.05, 0.1) is 17.5 Å². The number of nitrogens with zero attached hydrogens (tertiary/aromatic N) is 2. The number of aryl methyl sites for hydroxylation is 2. The molecule has 1 amide bonds. The molecule has 4 nitrogen and oxygen atoms in total. The van der Waals surface area contributed by atoms with E-state index in [0.717, 1.165) is 35.4 Å². The number of hydrogen-bond acceptors (Lipinski definition) is 2. The van der Waals surface area contributed by atoms with Crippen LogP contribution in [0.5, 0.6) is 0 Å². The summed E-state index contributed by atoms with van der Waals surface area (Å²) in [5, 5.41) is 2.88. The Bertz CT molecular complexity index is 572. The van der Waals surface area contributed by atoms with Gasteiger partial charge in [-0.15, -0.1) is 0 Å². The van der Waals surface area contributed by atoms with Crippen molar-refractivity contribution in [1.29, 1.82) is 0 Å². The Hall–Kier alpha value is -1.84. The van der Waals surface area contributed by atoms with E-state index in [1.807, 2.05) is 39.1 Å². The molecule has 0 bridgehead atoms. The van der Waals surface area contributed by atoms with E-state index in [1.54, 1.807) is 0 Å². The second-order valence-corrected chi connectivity index (χ2v) is 4.57. The summed E-state index contributed by atoms with van der Waals surface area (Å²) >= 11 is 0. The zero-order valence-corrected chi connectivity index (χ0v) is 11.2. The number of benzene rings is 1. The van der Waals surface area contributed by atoms with Crippen LogP contribution in [-0.2, 0) is 18.3 Å². The van der Waals surface area contributed by atoms with E-state index in [2.05, 4.69) is 14.9 Å². The maximum atomic E-state index is 11.6. The molecule has 1 heterocycles. The number of carbonyl (C=O) groups is 1. The lowest BCUT2D eigenvalue weighted by atomic mass is 10.1. The maximum absolute atomic E-state index is 11.6. The van der Waals surface area contributed by atoms with E-state index < -0.39 is 0 Å². The van der Waals surface area contributed by atoms with Gasteiger partial charge in [0.15, 0.2) is 0 Å². The van der Waals surface area contributed by atoms with Crippen molar-refractivity contribution in [3.63, 3.8) is 0 Å². The molecule has 18 heavy (non-hydrogen) atoms. The Kier molecular flexibility index (Phi) is 3.65. The quantitative estimate of drug-likeness (QED) is 0.895. The third kappa shape index (κ3) is 2.53. The van der Waals surface area contributed by atoms with Crippen molar-refractivity contribution in [2.45, 2.75) is 26.7 Å². The minimum absolute atomic E-state index is 0.0730. The van der Waals surface area contributed by atoms with Crippen molar-refractivity contribution in [2.75, 3.05) is 6.54 Å². The average molecular weight is 245 g/mol. The second-order valence-electron chi connectivity index (χ2n) is 4.57. The molecule has 96 valence electrons. The van der Waals surface area contributed by atoms with Crippen molar-refractivity contribution in [3.8, 4) is 0 Å². The van der Waals surface area contributed by atoms with E-state index in [1.165, 1.54) is 0 Å². The van der Waals surface area contributed by atoms with Crippen molar-refractivity contribution in [3.05, 3.63) is 29.6 Å². The number of rotatable bonds is 4. The van der Waals surface area contributed by atoms with Crippen LogP contribution in [0.15, 0.2) is 18.2 Å². The topological polar surface area (TPSA) is 46.9 Å². The maximum Gasteiger partial charge on any atom is 0.224 e. The number of amides is 1. The molecule has 0 spiro atoms. The third-order valence-corrected chi connectivity index (χ3v) is 3.11. The van der Waals surface area contributed by atoms with Gasteiger partial charge in [-0.2, -0.15) is 0 Å². The van der Waals surface area contributed by atoms with Gasteiger partial charge in [0.2, 0.25) is 5.91 Å². The highest BCUT2D eigenvalue weighted by Crippen LogP contribution is 2.16. The molecule has 0 saturated heterocycles. The van der Waals surface area contributed by atoms with Gasteiger partial charge in [0, 0.05) is 13.6 Å². The van der Waals surface area contributed by atoms with Crippen LogP contribution in [0.1, 0.15) is 24.7 Å². The number of nitrogens with one attached hydrogen (secondary N) is 1. The van der Waals surface area contributed by atoms with Gasteiger partial charge < -0.3 is 9.88 Å². The zero-order valence-electron chi connectivity index (χ0n) is 11.2. The van der Waals surface area contributed by atoms with Gasteiger partial charge in [0.25, 0.3) is 0 Å². The minimum atomic E-state index is 0.0730. The van der Waals surface area contributed by atoms with E-state index >= 15 is 0 Å². The molecular weight excluding hydrogens is 226 g/mol. The lowest BCUT2D eigenvalue weighted by molar-refractivity contribution is -0.120. The fourth-order valence-corrected chi connectivity index (χ4v) is 1.99. The predicted molar refractivity (Wildman–Crippen MR) is 72.5 cm³/mol. The van der Waals surface area contributed by atoms with Gasteiger partial charge in [-0.3, -0.25) is 4.79 Å². The molecule has 0 aliphatic carbocycles. The van der Waals surface area contributed by atoms with Crippen LogP contribution >= 0.6 is 0 Å². The Balaban J connectivity index is 2.17. The first kappa shape index (κ1) is 12.6. The smallest absolute Gasteiger partial charge is 0.224 e. The van der Waals surface area contributed by atoms with Crippen LogP contribution in [0.2, 0.25) is 0 Å². The summed E-state index contributed by atoms with van der Waals surface area (Å²) in [7, 11) is 2.00. The van der Waals surface area contributed by atoms with Gasteiger partial charge >= 0.3 is 0 Å². The summed E-state index contributed by atoms with van der Waals surface area (Å²) in [6, 6.07) is 6.01. The van der Waals surface area contributed by atoms with Crippen LogP contribution in [-0.4, -0.2) is 22.0 Å². The highest BCUT2D eigenvalue weighted by molar-refractivity contribution is 5.82. The Morgan fingerprint density at radius 1 is 1.44 bits per heavy atom. The first-order valence-electron chi connectivity index (χ1n) is 6.30. The highest BCUT2D eigenvalue weighted by atomic mass is 16.1. The normalized spacial score (nSPS) is 10.8. The molecule has 0 radical (unpaired) electrons. The summed E-state index contributed by atoms with van der Waals surface area (Å²) in [6.07, 6.45) is 1.38. The minimum Gasteiger partial charge on any atom is -0.356 e. The zero-order chi connectivity index (χ0) is 13.1.